The standard InChI is InChI=1S/C12H20BNO4/c1-9(15)14-7-6-10(8-14)13(17)18-12(4,5)11(2,3)16/h6-8,16-17H,1-5H3. The zero-order valence-electron chi connectivity index (χ0n) is 11.5. The molecule has 0 spiro atoms. The minimum atomic E-state index is -1.19. The van der Waals surface area contributed by atoms with Crippen LogP contribution in [0.5, 0.6) is 0 Å². The molecular formula is C12H20BNO4. The average molecular weight is 253 g/mol. The maximum absolute atomic E-state index is 11.1. The summed E-state index contributed by atoms with van der Waals surface area (Å²) in [7, 11) is -1.19. The van der Waals surface area contributed by atoms with Gasteiger partial charge in [-0.25, -0.2) is 0 Å². The smallest absolute Gasteiger partial charge is 0.423 e. The Morgan fingerprint density at radius 1 is 1.39 bits per heavy atom. The molecule has 1 aromatic heterocycles. The predicted molar refractivity (Wildman–Crippen MR) is 69.8 cm³/mol. The van der Waals surface area contributed by atoms with Crippen LogP contribution in [0.2, 0.25) is 0 Å². The quantitative estimate of drug-likeness (QED) is 0.762. The van der Waals surface area contributed by atoms with Crippen LogP contribution in [0.4, 0.5) is 0 Å². The van der Waals surface area contributed by atoms with Gasteiger partial charge in [-0.15, -0.1) is 0 Å². The van der Waals surface area contributed by atoms with Crippen LogP contribution in [0.1, 0.15) is 39.4 Å². The van der Waals surface area contributed by atoms with Crippen molar-refractivity contribution in [2.45, 2.75) is 45.8 Å². The van der Waals surface area contributed by atoms with E-state index in [1.54, 1.807) is 40.0 Å². The highest BCUT2D eigenvalue weighted by Gasteiger charge is 2.39. The summed E-state index contributed by atoms with van der Waals surface area (Å²) in [5.74, 6) is -0.143. The van der Waals surface area contributed by atoms with Crippen molar-refractivity contribution < 1.29 is 19.6 Å². The predicted octanol–water partition coefficient (Wildman–Crippen LogP) is 0.402. The molecule has 1 heterocycles. The Kier molecular flexibility index (Phi) is 4.05. The van der Waals surface area contributed by atoms with Crippen molar-refractivity contribution >= 4 is 18.5 Å². The molecule has 18 heavy (non-hydrogen) atoms. The Hall–Kier alpha value is -1.11. The van der Waals surface area contributed by atoms with Gasteiger partial charge in [-0.1, -0.05) is 0 Å². The lowest BCUT2D eigenvalue weighted by atomic mass is 9.78. The van der Waals surface area contributed by atoms with Gasteiger partial charge in [-0.05, 0) is 33.8 Å². The van der Waals surface area contributed by atoms with Gasteiger partial charge >= 0.3 is 7.12 Å². The summed E-state index contributed by atoms with van der Waals surface area (Å²) in [6, 6.07) is 1.60. The molecule has 0 atom stereocenters. The molecule has 0 aliphatic rings. The zero-order valence-corrected chi connectivity index (χ0v) is 11.5. The van der Waals surface area contributed by atoms with Gasteiger partial charge in [-0.3, -0.25) is 9.36 Å². The Morgan fingerprint density at radius 2 is 1.94 bits per heavy atom. The molecule has 2 N–H and O–H groups in total. The van der Waals surface area contributed by atoms with Gasteiger partial charge in [0.15, 0.2) is 0 Å². The van der Waals surface area contributed by atoms with Crippen molar-refractivity contribution in [1.29, 1.82) is 0 Å². The fraction of sp³-hybridized carbons (Fsp3) is 0.583. The fourth-order valence-electron chi connectivity index (χ4n) is 1.25. The van der Waals surface area contributed by atoms with E-state index >= 15 is 0 Å². The summed E-state index contributed by atoms with van der Waals surface area (Å²) < 4.78 is 6.82. The van der Waals surface area contributed by atoms with Crippen molar-refractivity contribution in [3.63, 3.8) is 0 Å². The van der Waals surface area contributed by atoms with Crippen LogP contribution >= 0.6 is 0 Å². The van der Waals surface area contributed by atoms with Crippen molar-refractivity contribution in [3.8, 4) is 0 Å². The number of rotatable bonds is 4. The molecule has 0 amide bonds. The third-order valence-corrected chi connectivity index (χ3v) is 3.24. The second-order valence-electron chi connectivity index (χ2n) is 5.41. The molecule has 0 bridgehead atoms. The van der Waals surface area contributed by atoms with Crippen LogP contribution in [-0.4, -0.2) is 38.9 Å². The van der Waals surface area contributed by atoms with Crippen LogP contribution < -0.4 is 5.46 Å². The Labute approximate surface area is 108 Å². The fourth-order valence-corrected chi connectivity index (χ4v) is 1.25. The number of carbonyl (C=O) groups excluding carboxylic acids is 1. The molecular weight excluding hydrogens is 233 g/mol. The maximum atomic E-state index is 11.1. The molecule has 0 fully saturated rings. The van der Waals surface area contributed by atoms with E-state index in [0.29, 0.717) is 5.46 Å². The van der Waals surface area contributed by atoms with Crippen LogP contribution in [0.15, 0.2) is 18.5 Å². The number of carbonyl (C=O) groups is 1. The number of aromatic nitrogens is 1. The molecule has 0 aliphatic heterocycles. The molecule has 6 heteroatoms. The summed E-state index contributed by atoms with van der Waals surface area (Å²) in [4.78, 5) is 11.1. The first-order chi connectivity index (χ1) is 8.04. The van der Waals surface area contributed by atoms with E-state index in [-0.39, 0.29) is 5.91 Å². The summed E-state index contributed by atoms with van der Waals surface area (Å²) in [5.41, 5.74) is -1.55. The van der Waals surface area contributed by atoms with Gasteiger partial charge in [0, 0.05) is 24.8 Å². The molecule has 0 aliphatic carbocycles. The largest absolute Gasteiger partial charge is 0.493 e. The third-order valence-electron chi connectivity index (χ3n) is 3.24. The third kappa shape index (κ3) is 3.22. The minimum absolute atomic E-state index is 0.143. The van der Waals surface area contributed by atoms with Crippen LogP contribution in [0.25, 0.3) is 0 Å². The molecule has 0 aromatic carbocycles. The van der Waals surface area contributed by atoms with Crippen LogP contribution in [-0.2, 0) is 4.65 Å². The molecule has 0 saturated heterocycles. The molecule has 0 radical (unpaired) electrons. The van der Waals surface area contributed by atoms with Crippen molar-refractivity contribution in [2.24, 2.45) is 0 Å². The maximum Gasteiger partial charge on any atom is 0.493 e. The van der Waals surface area contributed by atoms with Gasteiger partial charge in [-0.2, -0.15) is 0 Å². The van der Waals surface area contributed by atoms with E-state index in [1.807, 2.05) is 0 Å². The summed E-state index contributed by atoms with van der Waals surface area (Å²) >= 11 is 0. The first-order valence-electron chi connectivity index (χ1n) is 5.82. The average Bonchev–Trinajstić information content (AvgIpc) is 2.63. The number of aliphatic hydroxyl groups is 1. The van der Waals surface area contributed by atoms with E-state index in [0.717, 1.165) is 0 Å². The molecule has 5 nitrogen and oxygen atoms in total. The first kappa shape index (κ1) is 15.0. The number of hydrogen-bond acceptors (Lipinski definition) is 4. The molecule has 0 unspecified atom stereocenters. The molecule has 1 aromatic rings. The van der Waals surface area contributed by atoms with Crippen molar-refractivity contribution in [3.05, 3.63) is 18.5 Å². The van der Waals surface area contributed by atoms with E-state index in [1.165, 1.54) is 17.7 Å². The summed E-state index contributed by atoms with van der Waals surface area (Å²) in [5, 5.41) is 19.9. The highest BCUT2D eigenvalue weighted by atomic mass is 16.5. The normalized spacial score (nSPS) is 12.6. The van der Waals surface area contributed by atoms with Gasteiger partial charge in [0.25, 0.3) is 0 Å². The van der Waals surface area contributed by atoms with Gasteiger partial charge in [0.05, 0.1) is 11.2 Å². The zero-order chi connectivity index (χ0) is 14.1. The first-order valence-corrected chi connectivity index (χ1v) is 5.82. The van der Waals surface area contributed by atoms with Crippen molar-refractivity contribution in [1.82, 2.24) is 4.57 Å². The lowest BCUT2D eigenvalue weighted by Gasteiger charge is -2.38. The molecule has 100 valence electrons. The van der Waals surface area contributed by atoms with Crippen LogP contribution in [0.3, 0.4) is 0 Å². The van der Waals surface area contributed by atoms with Crippen LogP contribution in [0, 0.1) is 0 Å². The van der Waals surface area contributed by atoms with E-state index in [4.69, 9.17) is 4.65 Å². The highest BCUT2D eigenvalue weighted by molar-refractivity contribution is 6.60. The van der Waals surface area contributed by atoms with Gasteiger partial charge in [0.1, 0.15) is 0 Å². The monoisotopic (exact) mass is 253 g/mol. The Balaban J connectivity index is 2.82. The minimum Gasteiger partial charge on any atom is -0.423 e. The number of hydrogen-bond donors (Lipinski definition) is 2. The Morgan fingerprint density at radius 3 is 2.33 bits per heavy atom. The second-order valence-corrected chi connectivity index (χ2v) is 5.41. The summed E-state index contributed by atoms with van der Waals surface area (Å²) in [6.07, 6.45) is 3.06. The van der Waals surface area contributed by atoms with E-state index < -0.39 is 18.3 Å². The molecule has 1 rings (SSSR count). The van der Waals surface area contributed by atoms with Gasteiger partial charge in [0.2, 0.25) is 5.91 Å². The lowest BCUT2D eigenvalue weighted by Crippen LogP contribution is -2.53. The molecule has 0 saturated carbocycles. The topological polar surface area (TPSA) is 71.7 Å². The highest BCUT2D eigenvalue weighted by Crippen LogP contribution is 2.25. The van der Waals surface area contributed by atoms with Crippen molar-refractivity contribution in [2.75, 3.05) is 0 Å². The van der Waals surface area contributed by atoms with E-state index in [2.05, 4.69) is 0 Å². The lowest BCUT2D eigenvalue weighted by molar-refractivity contribution is -0.0982. The van der Waals surface area contributed by atoms with E-state index in [9.17, 15) is 14.9 Å². The second kappa shape index (κ2) is 4.88. The SMILES string of the molecule is CC(=O)n1ccc(B(O)OC(C)(C)C(C)(C)O)c1. The number of nitrogens with zero attached hydrogens (tertiary/aromatic N) is 1. The van der Waals surface area contributed by atoms with Gasteiger partial charge < -0.3 is 14.8 Å². The Bertz CT molecular complexity index is 434. The summed E-state index contributed by atoms with van der Waals surface area (Å²) in [6.45, 7) is 8.04.